The summed E-state index contributed by atoms with van der Waals surface area (Å²) >= 11 is 0. The van der Waals surface area contributed by atoms with Gasteiger partial charge in [0.1, 0.15) is 0 Å². The van der Waals surface area contributed by atoms with Crippen LogP contribution in [-0.2, 0) is 9.31 Å². The van der Waals surface area contributed by atoms with Crippen LogP contribution in [0.4, 0.5) is 0 Å². The lowest BCUT2D eigenvalue weighted by molar-refractivity contribution is -0.199. The Morgan fingerprint density at radius 3 is 2.67 bits per heavy atom. The highest BCUT2D eigenvalue weighted by atomic mass is 16.7. The van der Waals surface area contributed by atoms with Crippen LogP contribution in [0.25, 0.3) is 0 Å². The molecule has 0 radical (unpaired) electrons. The van der Waals surface area contributed by atoms with Gasteiger partial charge in [0.15, 0.2) is 0 Å². The maximum Gasteiger partial charge on any atom is 0.486 e. The minimum absolute atomic E-state index is 0.0723. The zero-order valence-electron chi connectivity index (χ0n) is 9.82. The summed E-state index contributed by atoms with van der Waals surface area (Å²) in [5, 5.41) is 0. The molecule has 1 heterocycles. The molecule has 0 N–H and O–H groups in total. The molecule has 0 aromatic carbocycles. The average molecular weight is 206 g/mol. The van der Waals surface area contributed by atoms with E-state index in [4.69, 9.17) is 9.31 Å². The SMILES string of the molecule is C=CB1O[C@@H]2C[C@H]3C[C@H](C3(C)C)[C@]2(C)O1. The van der Waals surface area contributed by atoms with Crippen LogP contribution in [0.1, 0.15) is 33.6 Å². The van der Waals surface area contributed by atoms with Crippen molar-refractivity contribution in [2.45, 2.75) is 45.3 Å². The third-order valence-corrected chi connectivity index (χ3v) is 5.16. The lowest BCUT2D eigenvalue weighted by Crippen LogP contribution is -2.65. The van der Waals surface area contributed by atoms with Gasteiger partial charge in [0.25, 0.3) is 0 Å². The van der Waals surface area contributed by atoms with Crippen LogP contribution in [0.3, 0.4) is 0 Å². The summed E-state index contributed by atoms with van der Waals surface area (Å²) in [4.78, 5) is 0. The van der Waals surface area contributed by atoms with Gasteiger partial charge in [-0.15, -0.1) is 6.58 Å². The van der Waals surface area contributed by atoms with Gasteiger partial charge >= 0.3 is 7.12 Å². The quantitative estimate of drug-likeness (QED) is 0.613. The molecule has 2 bridgehead atoms. The Balaban J connectivity index is 1.92. The lowest BCUT2D eigenvalue weighted by atomic mass is 9.43. The van der Waals surface area contributed by atoms with Crippen LogP contribution in [-0.4, -0.2) is 18.8 Å². The highest BCUT2D eigenvalue weighted by Crippen LogP contribution is 2.65. The van der Waals surface area contributed by atoms with E-state index in [1.54, 1.807) is 5.98 Å². The molecule has 0 aromatic rings. The molecule has 2 nitrogen and oxygen atoms in total. The topological polar surface area (TPSA) is 18.5 Å². The van der Waals surface area contributed by atoms with Crippen LogP contribution in [0, 0.1) is 17.3 Å². The summed E-state index contributed by atoms with van der Waals surface area (Å²) in [6.45, 7) is 10.7. The molecule has 3 saturated carbocycles. The van der Waals surface area contributed by atoms with E-state index >= 15 is 0 Å². The van der Waals surface area contributed by atoms with Crippen molar-refractivity contribution in [1.82, 2.24) is 0 Å². The zero-order chi connectivity index (χ0) is 10.8. The molecule has 0 aromatic heterocycles. The van der Waals surface area contributed by atoms with Gasteiger partial charge in [0.2, 0.25) is 0 Å². The van der Waals surface area contributed by atoms with Gasteiger partial charge in [-0.05, 0) is 37.0 Å². The van der Waals surface area contributed by atoms with Gasteiger partial charge < -0.3 is 9.31 Å². The Morgan fingerprint density at radius 1 is 1.33 bits per heavy atom. The number of hydrogen-bond donors (Lipinski definition) is 0. The van der Waals surface area contributed by atoms with E-state index in [0.717, 1.165) is 12.3 Å². The van der Waals surface area contributed by atoms with Crippen LogP contribution in [0.2, 0.25) is 0 Å². The monoisotopic (exact) mass is 206 g/mol. The van der Waals surface area contributed by atoms with Gasteiger partial charge in [-0.25, -0.2) is 0 Å². The molecular weight excluding hydrogens is 187 g/mol. The fourth-order valence-corrected chi connectivity index (χ4v) is 4.00. The normalized spacial score (nSPS) is 50.9. The van der Waals surface area contributed by atoms with E-state index in [1.165, 1.54) is 6.42 Å². The molecule has 0 unspecified atom stereocenters. The third kappa shape index (κ3) is 1.03. The first-order chi connectivity index (χ1) is 6.98. The van der Waals surface area contributed by atoms with Gasteiger partial charge in [0, 0.05) is 0 Å². The first kappa shape index (κ1) is 9.92. The summed E-state index contributed by atoms with van der Waals surface area (Å²) < 4.78 is 11.9. The Morgan fingerprint density at radius 2 is 2.07 bits per heavy atom. The number of hydrogen-bond acceptors (Lipinski definition) is 2. The fourth-order valence-electron chi connectivity index (χ4n) is 4.00. The molecule has 3 aliphatic carbocycles. The van der Waals surface area contributed by atoms with E-state index in [2.05, 4.69) is 27.4 Å². The van der Waals surface area contributed by atoms with Crippen LogP contribution in [0.15, 0.2) is 12.6 Å². The molecule has 3 heteroatoms. The minimum Gasteiger partial charge on any atom is -0.402 e. The maximum absolute atomic E-state index is 6.05. The first-order valence-electron chi connectivity index (χ1n) is 5.94. The van der Waals surface area contributed by atoms with Crippen LogP contribution >= 0.6 is 0 Å². The maximum atomic E-state index is 6.05. The first-order valence-corrected chi connectivity index (χ1v) is 5.94. The molecule has 4 rings (SSSR count). The molecule has 1 aliphatic heterocycles. The van der Waals surface area contributed by atoms with Gasteiger partial charge in [0.05, 0.1) is 11.7 Å². The summed E-state index contributed by atoms with van der Waals surface area (Å²) in [7, 11) is -0.185. The Labute approximate surface area is 92.2 Å². The predicted molar refractivity (Wildman–Crippen MR) is 60.3 cm³/mol. The van der Waals surface area contributed by atoms with Gasteiger partial charge in [-0.3, -0.25) is 0 Å². The largest absolute Gasteiger partial charge is 0.486 e. The van der Waals surface area contributed by atoms with Crippen molar-refractivity contribution in [1.29, 1.82) is 0 Å². The van der Waals surface area contributed by atoms with Crippen LogP contribution < -0.4 is 0 Å². The molecule has 4 aliphatic rings. The van der Waals surface area contributed by atoms with Crippen molar-refractivity contribution >= 4 is 7.12 Å². The lowest BCUT2D eigenvalue weighted by Gasteiger charge is -2.64. The highest BCUT2D eigenvalue weighted by molar-refractivity contribution is 6.51. The highest BCUT2D eigenvalue weighted by Gasteiger charge is 2.67. The van der Waals surface area contributed by atoms with E-state index < -0.39 is 0 Å². The van der Waals surface area contributed by atoms with Gasteiger partial charge in [-0.2, -0.15) is 0 Å². The van der Waals surface area contributed by atoms with Crippen molar-refractivity contribution in [2.75, 3.05) is 0 Å². The van der Waals surface area contributed by atoms with Crippen molar-refractivity contribution < 1.29 is 9.31 Å². The average Bonchev–Trinajstić information content (AvgIpc) is 2.53. The van der Waals surface area contributed by atoms with Crippen molar-refractivity contribution in [3.63, 3.8) is 0 Å². The minimum atomic E-state index is -0.185. The Hall–Kier alpha value is -0.275. The summed E-state index contributed by atoms with van der Waals surface area (Å²) in [5.74, 6) is 3.25. The molecule has 4 atom stereocenters. The fraction of sp³-hybridized carbons (Fsp3) is 0.833. The zero-order valence-corrected chi connectivity index (χ0v) is 9.82. The summed E-state index contributed by atoms with van der Waals surface area (Å²) in [5.41, 5.74) is 0.363. The second kappa shape index (κ2) is 2.69. The molecular formula is C12H19BO2. The Bertz CT molecular complexity index is 315. The molecule has 4 fully saturated rings. The summed E-state index contributed by atoms with van der Waals surface area (Å²) in [6, 6.07) is 0. The molecule has 15 heavy (non-hydrogen) atoms. The van der Waals surface area contributed by atoms with E-state index in [1.807, 2.05) is 0 Å². The van der Waals surface area contributed by atoms with Gasteiger partial charge in [-0.1, -0.05) is 19.8 Å². The van der Waals surface area contributed by atoms with E-state index in [9.17, 15) is 0 Å². The predicted octanol–water partition coefficient (Wildman–Crippen LogP) is 2.44. The Kier molecular flexibility index (Phi) is 1.78. The summed E-state index contributed by atoms with van der Waals surface area (Å²) in [6.07, 6.45) is 2.76. The molecule has 0 amide bonds. The van der Waals surface area contributed by atoms with Crippen molar-refractivity contribution in [3.05, 3.63) is 12.6 Å². The van der Waals surface area contributed by atoms with E-state index in [-0.39, 0.29) is 18.8 Å². The number of rotatable bonds is 1. The van der Waals surface area contributed by atoms with Crippen LogP contribution in [0.5, 0.6) is 0 Å². The second-order valence-electron chi connectivity index (χ2n) is 6.07. The standard InChI is InChI=1S/C12H19BO2/c1-5-13-14-10-7-8-6-9(11(8,2)3)12(10,4)15-13/h5,8-10H,1,6-7H2,2-4H3/t8-,9-,10-,12+/m1/s1. The van der Waals surface area contributed by atoms with Crippen molar-refractivity contribution in [2.24, 2.45) is 17.3 Å². The second-order valence-corrected chi connectivity index (χ2v) is 6.07. The van der Waals surface area contributed by atoms with E-state index in [0.29, 0.717) is 11.3 Å². The smallest absolute Gasteiger partial charge is 0.402 e. The molecule has 82 valence electrons. The molecule has 1 saturated heterocycles. The molecule has 0 spiro atoms. The van der Waals surface area contributed by atoms with Crippen molar-refractivity contribution in [3.8, 4) is 0 Å². The third-order valence-electron chi connectivity index (χ3n) is 5.16.